The molecule has 150 valence electrons. The number of aromatic hydroxyl groups is 1. The molecule has 0 radical (unpaired) electrons. The summed E-state index contributed by atoms with van der Waals surface area (Å²) in [6.07, 6.45) is 0.271. The third-order valence-corrected chi connectivity index (χ3v) is 4.01. The lowest BCUT2D eigenvalue weighted by molar-refractivity contribution is -0.147. The summed E-state index contributed by atoms with van der Waals surface area (Å²) >= 11 is 0. The quantitative estimate of drug-likeness (QED) is 0.507. The van der Waals surface area contributed by atoms with Crippen molar-refractivity contribution < 1.29 is 24.2 Å². The molecule has 0 aliphatic carbocycles. The van der Waals surface area contributed by atoms with Gasteiger partial charge in [-0.05, 0) is 74.2 Å². The monoisotopic (exact) mass is 384 g/mol. The molecule has 0 atom stereocenters. The number of benzene rings is 2. The largest absolute Gasteiger partial charge is 0.508 e. The van der Waals surface area contributed by atoms with E-state index in [4.69, 9.17) is 9.47 Å². The van der Waals surface area contributed by atoms with Crippen LogP contribution in [0.1, 0.15) is 55.6 Å². The molecule has 28 heavy (non-hydrogen) atoms. The third-order valence-electron chi connectivity index (χ3n) is 4.01. The molecule has 0 aromatic heterocycles. The standard InChI is InChI=1S/C23H28O5/c1-15(2)14-27-20-9-5-17(6-10-20)23(26)19-7-11-21(24)18(13-19)8-12-22(25)28-16(3)4/h5-7,9-11,13,15-16,24H,8,12,14H2,1-4H3. The van der Waals surface area contributed by atoms with Gasteiger partial charge in [0.2, 0.25) is 0 Å². The van der Waals surface area contributed by atoms with Crippen LogP contribution in [0.2, 0.25) is 0 Å². The van der Waals surface area contributed by atoms with Crippen molar-refractivity contribution in [3.8, 4) is 11.5 Å². The third kappa shape index (κ3) is 6.41. The fraction of sp³-hybridized carbons (Fsp3) is 0.391. The summed E-state index contributed by atoms with van der Waals surface area (Å²) in [5.74, 6) is 0.728. The summed E-state index contributed by atoms with van der Waals surface area (Å²) in [5.41, 5.74) is 1.54. The Balaban J connectivity index is 2.08. The van der Waals surface area contributed by atoms with E-state index in [9.17, 15) is 14.7 Å². The summed E-state index contributed by atoms with van der Waals surface area (Å²) in [4.78, 5) is 24.5. The van der Waals surface area contributed by atoms with E-state index in [0.717, 1.165) is 5.75 Å². The highest BCUT2D eigenvalue weighted by atomic mass is 16.5. The Morgan fingerprint density at radius 1 is 0.964 bits per heavy atom. The second-order valence-electron chi connectivity index (χ2n) is 7.44. The number of rotatable bonds is 9. The Kier molecular flexibility index (Phi) is 7.61. The Bertz CT molecular complexity index is 806. The molecule has 0 saturated heterocycles. The first-order valence-corrected chi connectivity index (χ1v) is 9.55. The van der Waals surface area contributed by atoms with E-state index < -0.39 is 0 Å². The van der Waals surface area contributed by atoms with Crippen molar-refractivity contribution in [2.24, 2.45) is 5.92 Å². The molecule has 5 heteroatoms. The molecule has 0 spiro atoms. The maximum atomic E-state index is 12.8. The zero-order chi connectivity index (χ0) is 20.7. The Morgan fingerprint density at radius 2 is 1.61 bits per heavy atom. The molecule has 0 aliphatic rings. The topological polar surface area (TPSA) is 72.8 Å². The number of hydrogen-bond donors (Lipinski definition) is 1. The number of ketones is 1. The van der Waals surface area contributed by atoms with E-state index in [1.165, 1.54) is 6.07 Å². The maximum absolute atomic E-state index is 12.8. The highest BCUT2D eigenvalue weighted by Gasteiger charge is 2.14. The van der Waals surface area contributed by atoms with Crippen LogP contribution >= 0.6 is 0 Å². The van der Waals surface area contributed by atoms with Crippen LogP contribution in [-0.4, -0.2) is 29.6 Å². The zero-order valence-corrected chi connectivity index (χ0v) is 16.9. The zero-order valence-electron chi connectivity index (χ0n) is 16.9. The number of esters is 1. The van der Waals surface area contributed by atoms with Gasteiger partial charge in [-0.25, -0.2) is 0 Å². The molecule has 2 aromatic carbocycles. The summed E-state index contributed by atoms with van der Waals surface area (Å²) in [5, 5.41) is 10.0. The molecular weight excluding hydrogens is 356 g/mol. The van der Waals surface area contributed by atoms with Gasteiger partial charge in [-0.3, -0.25) is 9.59 Å². The molecule has 0 fully saturated rings. The first-order valence-electron chi connectivity index (χ1n) is 9.55. The van der Waals surface area contributed by atoms with Gasteiger partial charge in [0.1, 0.15) is 11.5 Å². The van der Waals surface area contributed by atoms with Crippen molar-refractivity contribution in [1.29, 1.82) is 0 Å². The molecule has 2 aromatic rings. The predicted molar refractivity (Wildman–Crippen MR) is 108 cm³/mol. The number of hydrogen-bond acceptors (Lipinski definition) is 5. The summed E-state index contributed by atoms with van der Waals surface area (Å²) in [7, 11) is 0. The fourth-order valence-electron chi connectivity index (χ4n) is 2.62. The van der Waals surface area contributed by atoms with Crippen molar-refractivity contribution in [2.75, 3.05) is 6.61 Å². The normalized spacial score (nSPS) is 10.9. The maximum Gasteiger partial charge on any atom is 0.306 e. The van der Waals surface area contributed by atoms with Crippen molar-refractivity contribution in [2.45, 2.75) is 46.6 Å². The minimum atomic E-state index is -0.330. The molecule has 0 heterocycles. The number of carbonyl (C=O) groups is 2. The van der Waals surface area contributed by atoms with Gasteiger partial charge in [-0.2, -0.15) is 0 Å². The summed E-state index contributed by atoms with van der Waals surface area (Å²) in [6, 6.07) is 11.7. The smallest absolute Gasteiger partial charge is 0.306 e. The molecule has 0 aliphatic heterocycles. The summed E-state index contributed by atoms with van der Waals surface area (Å²) in [6.45, 7) is 8.33. The fourth-order valence-corrected chi connectivity index (χ4v) is 2.62. The number of phenolic OH excluding ortho intramolecular Hbond substituents is 1. The highest BCUT2D eigenvalue weighted by Crippen LogP contribution is 2.23. The van der Waals surface area contributed by atoms with E-state index in [1.807, 2.05) is 0 Å². The van der Waals surface area contributed by atoms with Gasteiger partial charge in [0.05, 0.1) is 12.7 Å². The molecule has 5 nitrogen and oxygen atoms in total. The average Bonchev–Trinajstić information content (AvgIpc) is 2.65. The molecule has 2 rings (SSSR count). The van der Waals surface area contributed by atoms with E-state index in [-0.39, 0.29) is 30.0 Å². The van der Waals surface area contributed by atoms with Crippen LogP contribution in [0.3, 0.4) is 0 Å². The predicted octanol–water partition coefficient (Wildman–Crippen LogP) is 4.54. The lowest BCUT2D eigenvalue weighted by atomic mass is 9.99. The van der Waals surface area contributed by atoms with Crippen molar-refractivity contribution >= 4 is 11.8 Å². The van der Waals surface area contributed by atoms with Crippen LogP contribution in [0.4, 0.5) is 0 Å². The van der Waals surface area contributed by atoms with Crippen LogP contribution in [0.5, 0.6) is 11.5 Å². The van der Waals surface area contributed by atoms with E-state index in [1.54, 1.807) is 50.2 Å². The number of carbonyl (C=O) groups excluding carboxylic acids is 2. The van der Waals surface area contributed by atoms with Crippen LogP contribution in [0.15, 0.2) is 42.5 Å². The first-order chi connectivity index (χ1) is 13.3. The molecule has 0 saturated carbocycles. The van der Waals surface area contributed by atoms with Gasteiger partial charge in [-0.15, -0.1) is 0 Å². The van der Waals surface area contributed by atoms with Crippen molar-refractivity contribution in [3.63, 3.8) is 0 Å². The van der Waals surface area contributed by atoms with Crippen LogP contribution < -0.4 is 4.74 Å². The van der Waals surface area contributed by atoms with Crippen molar-refractivity contribution in [1.82, 2.24) is 0 Å². The minimum Gasteiger partial charge on any atom is -0.508 e. The SMILES string of the molecule is CC(C)COc1ccc(C(=O)c2ccc(O)c(CCC(=O)OC(C)C)c2)cc1. The Hall–Kier alpha value is -2.82. The van der Waals surface area contributed by atoms with E-state index >= 15 is 0 Å². The van der Waals surface area contributed by atoms with Gasteiger partial charge in [0, 0.05) is 17.5 Å². The van der Waals surface area contributed by atoms with Gasteiger partial charge < -0.3 is 14.6 Å². The van der Waals surface area contributed by atoms with E-state index in [0.29, 0.717) is 35.6 Å². The lowest BCUT2D eigenvalue weighted by Crippen LogP contribution is -2.12. The minimum absolute atomic E-state index is 0.0614. The molecule has 0 bridgehead atoms. The Morgan fingerprint density at radius 3 is 2.21 bits per heavy atom. The lowest BCUT2D eigenvalue weighted by Gasteiger charge is -2.10. The second kappa shape index (κ2) is 9.93. The molecule has 0 amide bonds. The van der Waals surface area contributed by atoms with Gasteiger partial charge >= 0.3 is 5.97 Å². The average molecular weight is 384 g/mol. The molecule has 1 N–H and O–H groups in total. The second-order valence-corrected chi connectivity index (χ2v) is 7.44. The van der Waals surface area contributed by atoms with Crippen LogP contribution in [0.25, 0.3) is 0 Å². The summed E-state index contributed by atoms with van der Waals surface area (Å²) < 4.78 is 10.7. The van der Waals surface area contributed by atoms with Gasteiger partial charge in [0.15, 0.2) is 5.78 Å². The number of ether oxygens (including phenoxy) is 2. The Labute approximate surface area is 166 Å². The van der Waals surface area contributed by atoms with Crippen LogP contribution in [0, 0.1) is 5.92 Å². The van der Waals surface area contributed by atoms with E-state index in [2.05, 4.69) is 13.8 Å². The van der Waals surface area contributed by atoms with Crippen molar-refractivity contribution in [3.05, 3.63) is 59.2 Å². The molecule has 0 unspecified atom stereocenters. The first kappa shape index (κ1) is 21.5. The van der Waals surface area contributed by atoms with Gasteiger partial charge in [-0.1, -0.05) is 13.8 Å². The highest BCUT2D eigenvalue weighted by molar-refractivity contribution is 6.09. The van der Waals surface area contributed by atoms with Crippen LogP contribution in [-0.2, 0) is 16.0 Å². The van der Waals surface area contributed by atoms with Gasteiger partial charge in [0.25, 0.3) is 0 Å². The molecular formula is C23H28O5. The number of aryl methyl sites for hydroxylation is 1. The number of phenols is 1.